The third-order valence-corrected chi connectivity index (χ3v) is 4.50. The van der Waals surface area contributed by atoms with E-state index in [0.717, 1.165) is 12.8 Å². The van der Waals surface area contributed by atoms with Crippen LogP contribution in [0, 0.1) is 0 Å². The van der Waals surface area contributed by atoms with Crippen LogP contribution in [0.15, 0.2) is 30.3 Å². The molecule has 24 heavy (non-hydrogen) atoms. The summed E-state index contributed by atoms with van der Waals surface area (Å²) in [7, 11) is 6.21. The first-order chi connectivity index (χ1) is 11.4. The van der Waals surface area contributed by atoms with E-state index in [2.05, 4.69) is 28.1 Å². The first kappa shape index (κ1) is 20.7. The fraction of sp³-hybridized carbons (Fsp3) is 0.667. The van der Waals surface area contributed by atoms with Crippen molar-refractivity contribution in [2.24, 2.45) is 0 Å². The highest BCUT2D eigenvalue weighted by molar-refractivity contribution is 5.77. The molecule has 1 atom stereocenters. The Hall–Kier alpha value is -1.35. The molecule has 3 nitrogen and oxygen atoms in total. The lowest BCUT2D eigenvalue weighted by Gasteiger charge is -2.32. The summed E-state index contributed by atoms with van der Waals surface area (Å²) in [5.41, 5.74) is 0. The smallest absolute Gasteiger partial charge is 0.370 e. The van der Waals surface area contributed by atoms with Gasteiger partial charge in [-0.3, -0.25) is 0 Å². The van der Waals surface area contributed by atoms with E-state index < -0.39 is 0 Å². The highest BCUT2D eigenvalue weighted by Gasteiger charge is 2.32. The van der Waals surface area contributed by atoms with Gasteiger partial charge in [0.25, 0.3) is 0 Å². The van der Waals surface area contributed by atoms with Gasteiger partial charge in [0.05, 0.1) is 21.1 Å². The van der Waals surface area contributed by atoms with Crippen molar-refractivity contribution >= 4 is 5.97 Å². The molecule has 1 unspecified atom stereocenters. The standard InChI is InChI=1S/C21H36NO2/c1-5-6-7-8-9-10-11-15-18-20(22(2,3)4)21(23)24-19-16-13-12-14-17-19/h12-14,16-17,20H,5-11,15,18H2,1-4H3/q+1. The number of hydrogen-bond acceptors (Lipinski definition) is 2. The van der Waals surface area contributed by atoms with E-state index in [9.17, 15) is 4.79 Å². The van der Waals surface area contributed by atoms with Crippen LogP contribution >= 0.6 is 0 Å². The number of quaternary nitrogens is 1. The Morgan fingerprint density at radius 1 is 0.917 bits per heavy atom. The molecule has 1 aromatic rings. The van der Waals surface area contributed by atoms with Gasteiger partial charge in [-0.1, -0.05) is 70.1 Å². The van der Waals surface area contributed by atoms with Crippen molar-refractivity contribution in [2.45, 2.75) is 70.8 Å². The molecular formula is C21H36NO2+. The molecule has 0 heterocycles. The number of likely N-dealkylation sites (N-methyl/N-ethyl adjacent to an activating group) is 1. The molecule has 136 valence electrons. The van der Waals surface area contributed by atoms with Gasteiger partial charge in [-0.05, 0) is 18.6 Å². The minimum atomic E-state index is -0.114. The van der Waals surface area contributed by atoms with Crippen LogP contribution in [0.2, 0.25) is 0 Å². The topological polar surface area (TPSA) is 26.3 Å². The lowest BCUT2D eigenvalue weighted by Crippen LogP contribution is -2.51. The summed E-state index contributed by atoms with van der Waals surface area (Å²) in [5, 5.41) is 0. The fourth-order valence-corrected chi connectivity index (χ4v) is 2.97. The van der Waals surface area contributed by atoms with Crippen molar-refractivity contribution in [3.8, 4) is 5.75 Å². The van der Waals surface area contributed by atoms with E-state index in [4.69, 9.17) is 4.74 Å². The molecule has 0 saturated heterocycles. The van der Waals surface area contributed by atoms with Gasteiger partial charge in [0.2, 0.25) is 0 Å². The first-order valence-electron chi connectivity index (χ1n) is 9.53. The summed E-state index contributed by atoms with van der Waals surface area (Å²) >= 11 is 0. The minimum Gasteiger partial charge on any atom is -0.422 e. The van der Waals surface area contributed by atoms with E-state index >= 15 is 0 Å². The molecule has 0 saturated carbocycles. The molecule has 1 rings (SSSR count). The van der Waals surface area contributed by atoms with Gasteiger partial charge in [0.15, 0.2) is 6.04 Å². The Morgan fingerprint density at radius 3 is 2.00 bits per heavy atom. The van der Waals surface area contributed by atoms with E-state index in [1.165, 1.54) is 44.9 Å². The second kappa shape index (κ2) is 11.2. The van der Waals surface area contributed by atoms with Gasteiger partial charge in [-0.2, -0.15) is 0 Å². The van der Waals surface area contributed by atoms with E-state index in [0.29, 0.717) is 10.2 Å². The van der Waals surface area contributed by atoms with Crippen molar-refractivity contribution in [1.29, 1.82) is 0 Å². The number of ether oxygens (including phenoxy) is 1. The molecule has 0 N–H and O–H groups in total. The Kier molecular flexibility index (Phi) is 9.70. The molecule has 0 aromatic heterocycles. The maximum absolute atomic E-state index is 12.6. The minimum absolute atomic E-state index is 0.106. The molecule has 0 fully saturated rings. The number of hydrogen-bond donors (Lipinski definition) is 0. The summed E-state index contributed by atoms with van der Waals surface area (Å²) in [6, 6.07) is 9.27. The zero-order valence-corrected chi connectivity index (χ0v) is 16.1. The molecule has 0 radical (unpaired) electrons. The number of para-hydroxylation sites is 1. The van der Waals surface area contributed by atoms with Crippen LogP contribution in [-0.4, -0.2) is 37.6 Å². The number of carbonyl (C=O) groups excluding carboxylic acids is 1. The monoisotopic (exact) mass is 334 g/mol. The number of esters is 1. The van der Waals surface area contributed by atoms with Crippen molar-refractivity contribution in [2.75, 3.05) is 21.1 Å². The van der Waals surface area contributed by atoms with Crippen LogP contribution in [0.5, 0.6) is 5.75 Å². The van der Waals surface area contributed by atoms with Crippen molar-refractivity contribution in [3.05, 3.63) is 30.3 Å². The molecule has 0 aliphatic carbocycles. The Labute approximate surface area is 148 Å². The van der Waals surface area contributed by atoms with Crippen LogP contribution in [0.25, 0.3) is 0 Å². The summed E-state index contributed by atoms with van der Waals surface area (Å²) < 4.78 is 6.18. The zero-order valence-electron chi connectivity index (χ0n) is 16.1. The van der Waals surface area contributed by atoms with Crippen molar-refractivity contribution in [1.82, 2.24) is 0 Å². The maximum atomic E-state index is 12.6. The maximum Gasteiger partial charge on any atom is 0.370 e. The second-order valence-corrected chi connectivity index (χ2v) is 7.63. The number of rotatable bonds is 12. The molecule has 0 amide bonds. The van der Waals surface area contributed by atoms with Gasteiger partial charge in [0, 0.05) is 6.42 Å². The second-order valence-electron chi connectivity index (χ2n) is 7.63. The lowest BCUT2D eigenvalue weighted by molar-refractivity contribution is -0.887. The van der Waals surface area contributed by atoms with Gasteiger partial charge < -0.3 is 9.22 Å². The number of benzene rings is 1. The first-order valence-corrected chi connectivity index (χ1v) is 9.53. The van der Waals surface area contributed by atoms with Crippen LogP contribution in [0.1, 0.15) is 64.7 Å². The number of nitrogens with zero attached hydrogens (tertiary/aromatic N) is 1. The summed E-state index contributed by atoms with van der Waals surface area (Å²) in [5.74, 6) is 0.522. The van der Waals surface area contributed by atoms with Crippen molar-refractivity contribution < 1.29 is 14.0 Å². The molecule has 0 spiro atoms. The van der Waals surface area contributed by atoms with E-state index in [-0.39, 0.29) is 12.0 Å². The largest absolute Gasteiger partial charge is 0.422 e. The third-order valence-electron chi connectivity index (χ3n) is 4.50. The van der Waals surface area contributed by atoms with Crippen molar-refractivity contribution in [3.63, 3.8) is 0 Å². The summed E-state index contributed by atoms with van der Waals surface area (Å²) in [6.45, 7) is 2.25. The quantitative estimate of drug-likeness (QED) is 0.227. The molecule has 0 aliphatic heterocycles. The number of carbonyl (C=O) groups is 1. The highest BCUT2D eigenvalue weighted by atomic mass is 16.5. The molecule has 1 aromatic carbocycles. The highest BCUT2D eigenvalue weighted by Crippen LogP contribution is 2.18. The molecule has 0 bridgehead atoms. The van der Waals surface area contributed by atoms with Gasteiger partial charge in [-0.15, -0.1) is 0 Å². The zero-order chi connectivity index (χ0) is 17.8. The predicted octanol–water partition coefficient (Wildman–Crippen LogP) is 5.20. The summed E-state index contributed by atoms with van der Waals surface area (Å²) in [4.78, 5) is 12.6. The van der Waals surface area contributed by atoms with E-state index in [1.807, 2.05) is 30.3 Å². The van der Waals surface area contributed by atoms with E-state index in [1.54, 1.807) is 0 Å². The fourth-order valence-electron chi connectivity index (χ4n) is 2.97. The van der Waals surface area contributed by atoms with Gasteiger partial charge >= 0.3 is 5.97 Å². The van der Waals surface area contributed by atoms with Crippen LogP contribution in [0.3, 0.4) is 0 Å². The normalized spacial score (nSPS) is 12.8. The van der Waals surface area contributed by atoms with Crippen LogP contribution in [-0.2, 0) is 4.79 Å². The third kappa shape index (κ3) is 8.49. The average Bonchev–Trinajstić information content (AvgIpc) is 2.53. The Morgan fingerprint density at radius 2 is 1.46 bits per heavy atom. The van der Waals surface area contributed by atoms with Crippen LogP contribution in [0.4, 0.5) is 0 Å². The van der Waals surface area contributed by atoms with Crippen LogP contribution < -0.4 is 4.74 Å². The molecule has 3 heteroatoms. The molecular weight excluding hydrogens is 298 g/mol. The SMILES string of the molecule is CCCCCCCCCCC(C(=O)Oc1ccccc1)[N+](C)(C)C. The molecule has 0 aliphatic rings. The number of unbranched alkanes of at least 4 members (excludes halogenated alkanes) is 7. The lowest BCUT2D eigenvalue weighted by atomic mass is 10.0. The van der Waals surface area contributed by atoms with Gasteiger partial charge in [0.1, 0.15) is 5.75 Å². The predicted molar refractivity (Wildman–Crippen MR) is 101 cm³/mol. The Balaban J connectivity index is 2.36. The average molecular weight is 335 g/mol. The summed E-state index contributed by atoms with van der Waals surface area (Å²) in [6.07, 6.45) is 11.2. The van der Waals surface area contributed by atoms with Gasteiger partial charge in [-0.25, -0.2) is 4.79 Å². The Bertz CT molecular complexity index is 451.